The molecule has 0 aliphatic carbocycles. The second-order valence-corrected chi connectivity index (χ2v) is 7.94. The third-order valence-electron chi connectivity index (χ3n) is 4.53. The molecule has 1 aromatic carbocycles. The van der Waals surface area contributed by atoms with E-state index in [1.165, 1.54) is 0 Å². The van der Waals surface area contributed by atoms with Crippen molar-refractivity contribution in [1.29, 1.82) is 0 Å². The SMILES string of the molecule is CC1(C)Oc2ccc(SCC(F)(F)F)cc2[C@@H](N2CCCC2=O)[C@@H]1O. The summed E-state index contributed by atoms with van der Waals surface area (Å²) >= 11 is 0.681. The first kappa shape index (κ1) is 18.4. The minimum absolute atomic E-state index is 0.0546. The molecule has 1 saturated heterocycles. The number of rotatable bonds is 3. The number of ether oxygens (including phenoxy) is 1. The monoisotopic (exact) mass is 375 g/mol. The number of aliphatic hydroxyl groups is 1. The second kappa shape index (κ2) is 6.39. The molecular weight excluding hydrogens is 355 g/mol. The summed E-state index contributed by atoms with van der Waals surface area (Å²) in [6.45, 7) is 4.00. The molecule has 1 N–H and O–H groups in total. The van der Waals surface area contributed by atoms with Crippen molar-refractivity contribution in [3.8, 4) is 5.75 Å². The number of thioether (sulfide) groups is 1. The van der Waals surface area contributed by atoms with Gasteiger partial charge in [-0.2, -0.15) is 13.2 Å². The van der Waals surface area contributed by atoms with E-state index in [-0.39, 0.29) is 5.91 Å². The molecule has 1 fully saturated rings. The first-order valence-electron chi connectivity index (χ1n) is 8.08. The molecule has 0 unspecified atom stereocenters. The molecule has 25 heavy (non-hydrogen) atoms. The van der Waals surface area contributed by atoms with Gasteiger partial charge in [-0.1, -0.05) is 0 Å². The molecule has 3 rings (SSSR count). The molecule has 138 valence electrons. The first-order valence-corrected chi connectivity index (χ1v) is 9.07. The van der Waals surface area contributed by atoms with Gasteiger partial charge in [0, 0.05) is 23.4 Å². The number of nitrogens with zero attached hydrogens (tertiary/aromatic N) is 1. The zero-order chi connectivity index (χ0) is 18.4. The Labute approximate surface area is 148 Å². The Kier molecular flexibility index (Phi) is 4.70. The number of benzene rings is 1. The molecule has 0 saturated carbocycles. The number of fused-ring (bicyclic) bond motifs is 1. The summed E-state index contributed by atoms with van der Waals surface area (Å²) in [5.41, 5.74) is -0.338. The molecule has 2 atom stereocenters. The van der Waals surface area contributed by atoms with Crippen LogP contribution in [0.3, 0.4) is 0 Å². The Bertz CT molecular complexity index is 678. The van der Waals surface area contributed by atoms with Crippen LogP contribution >= 0.6 is 11.8 Å². The highest BCUT2D eigenvalue weighted by atomic mass is 32.2. The highest BCUT2D eigenvalue weighted by molar-refractivity contribution is 7.99. The van der Waals surface area contributed by atoms with Crippen molar-refractivity contribution in [3.63, 3.8) is 0 Å². The van der Waals surface area contributed by atoms with Gasteiger partial charge in [0.15, 0.2) is 0 Å². The summed E-state index contributed by atoms with van der Waals surface area (Å²) in [6, 6.07) is 4.18. The molecule has 8 heteroatoms. The summed E-state index contributed by atoms with van der Waals surface area (Å²) in [7, 11) is 0. The normalized spacial score (nSPS) is 25.7. The third-order valence-corrected chi connectivity index (χ3v) is 5.59. The maximum atomic E-state index is 12.5. The lowest BCUT2D eigenvalue weighted by Gasteiger charge is -2.45. The quantitative estimate of drug-likeness (QED) is 0.821. The highest BCUT2D eigenvalue weighted by Crippen LogP contribution is 2.45. The van der Waals surface area contributed by atoms with E-state index < -0.39 is 29.7 Å². The van der Waals surface area contributed by atoms with Crippen LogP contribution in [0.2, 0.25) is 0 Å². The predicted octanol–water partition coefficient (Wildman–Crippen LogP) is 3.54. The second-order valence-electron chi connectivity index (χ2n) is 6.89. The Morgan fingerprint density at radius 2 is 2.12 bits per heavy atom. The summed E-state index contributed by atoms with van der Waals surface area (Å²) < 4.78 is 43.3. The van der Waals surface area contributed by atoms with E-state index in [4.69, 9.17) is 4.74 Å². The van der Waals surface area contributed by atoms with Gasteiger partial charge in [-0.25, -0.2) is 0 Å². The van der Waals surface area contributed by atoms with Crippen LogP contribution < -0.4 is 4.74 Å². The van der Waals surface area contributed by atoms with Crippen LogP contribution in [0.1, 0.15) is 38.3 Å². The van der Waals surface area contributed by atoms with Gasteiger partial charge in [0.25, 0.3) is 0 Å². The van der Waals surface area contributed by atoms with Crippen LogP contribution in [0.4, 0.5) is 13.2 Å². The molecule has 1 aromatic rings. The van der Waals surface area contributed by atoms with Crippen molar-refractivity contribution in [2.45, 2.75) is 55.5 Å². The van der Waals surface area contributed by atoms with E-state index in [0.29, 0.717) is 47.4 Å². The molecule has 2 heterocycles. The number of amides is 1. The van der Waals surface area contributed by atoms with E-state index in [0.717, 1.165) is 0 Å². The lowest BCUT2D eigenvalue weighted by Crippen LogP contribution is -2.53. The van der Waals surface area contributed by atoms with Gasteiger partial charge in [-0.05, 0) is 38.5 Å². The van der Waals surface area contributed by atoms with Crippen LogP contribution in [-0.2, 0) is 4.79 Å². The minimum atomic E-state index is -4.26. The zero-order valence-electron chi connectivity index (χ0n) is 14.0. The van der Waals surface area contributed by atoms with Gasteiger partial charge in [0.1, 0.15) is 17.5 Å². The Balaban J connectivity index is 1.97. The number of halogens is 3. The van der Waals surface area contributed by atoms with E-state index in [1.807, 2.05) is 0 Å². The number of likely N-dealkylation sites (tertiary alicyclic amines) is 1. The van der Waals surface area contributed by atoms with Crippen molar-refractivity contribution in [2.75, 3.05) is 12.3 Å². The van der Waals surface area contributed by atoms with Crippen LogP contribution in [0.5, 0.6) is 5.75 Å². The minimum Gasteiger partial charge on any atom is -0.485 e. The molecular formula is C17H20F3NO3S. The van der Waals surface area contributed by atoms with Gasteiger partial charge in [0.2, 0.25) is 5.91 Å². The number of carbonyl (C=O) groups is 1. The van der Waals surface area contributed by atoms with Crippen molar-refractivity contribution in [2.24, 2.45) is 0 Å². The number of aliphatic hydroxyl groups excluding tert-OH is 1. The number of hydrogen-bond acceptors (Lipinski definition) is 4. The van der Waals surface area contributed by atoms with Gasteiger partial charge in [0.05, 0.1) is 11.8 Å². The van der Waals surface area contributed by atoms with Crippen LogP contribution in [0, 0.1) is 0 Å². The number of alkyl halides is 3. The van der Waals surface area contributed by atoms with Crippen LogP contribution in [-0.4, -0.2) is 46.1 Å². The van der Waals surface area contributed by atoms with Crippen molar-refractivity contribution in [3.05, 3.63) is 23.8 Å². The van der Waals surface area contributed by atoms with E-state index in [9.17, 15) is 23.1 Å². The summed E-state index contributed by atoms with van der Waals surface area (Å²) in [6.07, 6.45) is -4.10. The lowest BCUT2D eigenvalue weighted by atomic mass is 9.85. The van der Waals surface area contributed by atoms with Gasteiger partial charge < -0.3 is 14.7 Å². The van der Waals surface area contributed by atoms with Gasteiger partial charge in [-0.3, -0.25) is 4.79 Å². The van der Waals surface area contributed by atoms with Crippen LogP contribution in [0.25, 0.3) is 0 Å². The lowest BCUT2D eigenvalue weighted by molar-refractivity contribution is -0.139. The average molecular weight is 375 g/mol. The molecule has 1 amide bonds. The van der Waals surface area contributed by atoms with Crippen molar-refractivity contribution >= 4 is 17.7 Å². The first-order chi connectivity index (χ1) is 11.6. The molecule has 4 nitrogen and oxygen atoms in total. The standard InChI is InChI=1S/C17H20F3NO3S/c1-16(2)15(23)14(21-7-3-4-13(21)22)11-8-10(5-6-12(11)24-16)25-9-17(18,19)20/h5-6,8,14-15,23H,3-4,7,9H2,1-2H3/t14-,15+/m1/s1. The fourth-order valence-corrected chi connectivity index (χ4v) is 4.01. The van der Waals surface area contributed by atoms with E-state index in [2.05, 4.69) is 0 Å². The molecule has 0 spiro atoms. The fourth-order valence-electron chi connectivity index (χ4n) is 3.30. The Morgan fingerprint density at radius 1 is 1.40 bits per heavy atom. The Morgan fingerprint density at radius 3 is 2.72 bits per heavy atom. The molecule has 0 aromatic heterocycles. The average Bonchev–Trinajstić information content (AvgIpc) is 2.91. The zero-order valence-corrected chi connectivity index (χ0v) is 14.8. The topological polar surface area (TPSA) is 49.8 Å². The maximum absolute atomic E-state index is 12.5. The summed E-state index contributed by atoms with van der Waals surface area (Å²) in [5.74, 6) is -0.550. The smallest absolute Gasteiger partial charge is 0.398 e. The molecule has 2 aliphatic heterocycles. The third kappa shape index (κ3) is 3.74. The molecule has 0 bridgehead atoms. The fraction of sp³-hybridized carbons (Fsp3) is 0.588. The molecule has 0 radical (unpaired) electrons. The van der Waals surface area contributed by atoms with Gasteiger partial charge >= 0.3 is 6.18 Å². The van der Waals surface area contributed by atoms with Gasteiger partial charge in [-0.15, -0.1) is 11.8 Å². The largest absolute Gasteiger partial charge is 0.485 e. The number of carbonyl (C=O) groups excluding carboxylic acids is 1. The number of hydrogen-bond donors (Lipinski definition) is 1. The van der Waals surface area contributed by atoms with Crippen molar-refractivity contribution in [1.82, 2.24) is 4.90 Å². The molecule has 2 aliphatic rings. The summed E-state index contributed by atoms with van der Waals surface area (Å²) in [5, 5.41) is 10.8. The van der Waals surface area contributed by atoms with E-state index in [1.54, 1.807) is 36.9 Å². The maximum Gasteiger partial charge on any atom is 0.398 e. The van der Waals surface area contributed by atoms with Crippen molar-refractivity contribution < 1.29 is 27.8 Å². The van der Waals surface area contributed by atoms with E-state index >= 15 is 0 Å². The van der Waals surface area contributed by atoms with Crippen LogP contribution in [0.15, 0.2) is 23.1 Å². The highest BCUT2D eigenvalue weighted by Gasteiger charge is 2.47. The Hall–Kier alpha value is -1.41. The summed E-state index contributed by atoms with van der Waals surface area (Å²) in [4.78, 5) is 14.3. The predicted molar refractivity (Wildman–Crippen MR) is 87.6 cm³/mol.